The van der Waals surface area contributed by atoms with Crippen LogP contribution in [0.3, 0.4) is 0 Å². The zero-order chi connectivity index (χ0) is 12.1. The average Bonchev–Trinajstić information content (AvgIpc) is 2.39. The summed E-state index contributed by atoms with van der Waals surface area (Å²) in [5, 5.41) is 1.03. The fourth-order valence-electron chi connectivity index (χ4n) is 1.69. The second-order valence-electron chi connectivity index (χ2n) is 4.26. The van der Waals surface area contributed by atoms with Crippen molar-refractivity contribution < 1.29 is 4.80 Å². The lowest BCUT2D eigenvalue weighted by atomic mass is 10.2. The molecule has 0 saturated carbocycles. The quantitative estimate of drug-likeness (QED) is 0.818. The summed E-state index contributed by atoms with van der Waals surface area (Å²) in [5.74, 6) is 0. The third-order valence-corrected chi connectivity index (χ3v) is 5.08. The second-order valence-corrected chi connectivity index (χ2v) is 7.46. The molecule has 0 aliphatic rings. The van der Waals surface area contributed by atoms with Crippen LogP contribution in [-0.2, 0) is 0 Å². The summed E-state index contributed by atoms with van der Waals surface area (Å²) >= 11 is 0. The van der Waals surface area contributed by atoms with Crippen LogP contribution in [0.2, 0.25) is 6.55 Å². The van der Waals surface area contributed by atoms with Gasteiger partial charge in [0, 0.05) is 0 Å². The Bertz CT molecular complexity index is 489. The van der Waals surface area contributed by atoms with Crippen molar-refractivity contribution in [1.82, 2.24) is 0 Å². The van der Waals surface area contributed by atoms with Gasteiger partial charge in [-0.15, -0.1) is 0 Å². The summed E-state index contributed by atoms with van der Waals surface area (Å²) < 4.78 is 0. The molecule has 2 aromatic carbocycles. The number of hydrogen-bond acceptors (Lipinski definition) is 1. The monoisotopic (exact) mass is 240 g/mol. The third kappa shape index (κ3) is 3.16. The molecule has 2 rings (SSSR count). The fourth-order valence-corrected chi connectivity index (χ4v) is 3.27. The van der Waals surface area contributed by atoms with Gasteiger partial charge in [0.15, 0.2) is 0 Å². The molecule has 0 aliphatic heterocycles. The van der Waals surface area contributed by atoms with Crippen molar-refractivity contribution in [3.05, 3.63) is 71.9 Å². The molecule has 0 bridgehead atoms. The maximum Gasteiger partial charge on any atom is 0.242 e. The largest absolute Gasteiger partial charge is 0.424 e. The van der Waals surface area contributed by atoms with Crippen LogP contribution < -0.4 is 5.19 Å². The number of hydrogen-bond donors (Lipinski definition) is 1. The Morgan fingerprint density at radius 1 is 0.882 bits per heavy atom. The number of benzene rings is 2. The Morgan fingerprint density at radius 3 is 2.00 bits per heavy atom. The smallest absolute Gasteiger partial charge is 0.242 e. The highest BCUT2D eigenvalue weighted by molar-refractivity contribution is 6.89. The van der Waals surface area contributed by atoms with E-state index >= 15 is 0 Å². The third-order valence-electron chi connectivity index (χ3n) is 2.76. The van der Waals surface area contributed by atoms with E-state index in [-0.39, 0.29) is 0 Å². The van der Waals surface area contributed by atoms with Crippen LogP contribution >= 0.6 is 0 Å². The van der Waals surface area contributed by atoms with Gasteiger partial charge in [0.25, 0.3) is 0 Å². The van der Waals surface area contributed by atoms with Crippen LogP contribution in [0.25, 0.3) is 6.08 Å². The summed E-state index contributed by atoms with van der Waals surface area (Å²) in [6.45, 7) is 1.93. The van der Waals surface area contributed by atoms with Gasteiger partial charge in [-0.25, -0.2) is 0 Å². The summed E-state index contributed by atoms with van der Waals surface area (Å²) in [6.07, 6.45) is 2.00. The lowest BCUT2D eigenvalue weighted by molar-refractivity contribution is 0.575. The predicted molar refractivity (Wildman–Crippen MR) is 75.4 cm³/mol. The van der Waals surface area contributed by atoms with Crippen LogP contribution in [0.5, 0.6) is 0 Å². The molecule has 0 saturated heterocycles. The summed E-state index contributed by atoms with van der Waals surface area (Å²) in [6, 6.07) is 19.9. The molecule has 0 amide bonds. The van der Waals surface area contributed by atoms with Crippen molar-refractivity contribution in [2.75, 3.05) is 0 Å². The molecular weight excluding hydrogens is 224 g/mol. The molecule has 0 heterocycles. The van der Waals surface area contributed by atoms with E-state index in [1.165, 1.54) is 0 Å². The van der Waals surface area contributed by atoms with E-state index in [0.29, 0.717) is 0 Å². The van der Waals surface area contributed by atoms with Gasteiger partial charge in [-0.05, 0) is 17.3 Å². The summed E-state index contributed by atoms with van der Waals surface area (Å²) in [7, 11) is -2.44. The van der Waals surface area contributed by atoms with E-state index in [1.54, 1.807) is 0 Å². The Kier molecular flexibility index (Phi) is 3.57. The number of rotatable bonds is 3. The molecule has 1 unspecified atom stereocenters. The van der Waals surface area contributed by atoms with Gasteiger partial charge in [-0.2, -0.15) is 0 Å². The Labute approximate surface area is 103 Å². The maximum absolute atomic E-state index is 10.5. The molecule has 0 spiro atoms. The highest BCUT2D eigenvalue weighted by atomic mass is 28.4. The van der Waals surface area contributed by atoms with E-state index in [2.05, 4.69) is 0 Å². The lowest BCUT2D eigenvalue weighted by Crippen LogP contribution is -2.42. The van der Waals surface area contributed by atoms with Crippen molar-refractivity contribution in [3.8, 4) is 0 Å². The second kappa shape index (κ2) is 5.12. The standard InChI is InChI=1S/C15H16OSi/c1-17(16,15-10-6-3-7-11-15)13-12-14-8-4-2-5-9-14/h2-13,16H,1H3/b13-12+. The Balaban J connectivity index is 2.21. The highest BCUT2D eigenvalue weighted by Gasteiger charge is 2.22. The molecule has 2 aromatic rings. The van der Waals surface area contributed by atoms with Gasteiger partial charge in [-0.3, -0.25) is 0 Å². The van der Waals surface area contributed by atoms with Crippen LogP contribution in [0.4, 0.5) is 0 Å². The van der Waals surface area contributed by atoms with Crippen molar-refractivity contribution in [2.45, 2.75) is 6.55 Å². The first-order chi connectivity index (χ1) is 8.18. The molecule has 2 heteroatoms. The molecule has 1 nitrogen and oxygen atoms in total. The van der Waals surface area contributed by atoms with Crippen molar-refractivity contribution in [1.29, 1.82) is 0 Å². The Morgan fingerprint density at radius 2 is 1.41 bits per heavy atom. The zero-order valence-corrected chi connectivity index (χ0v) is 10.9. The topological polar surface area (TPSA) is 20.2 Å². The maximum atomic E-state index is 10.5. The molecular formula is C15H16OSi. The lowest BCUT2D eigenvalue weighted by Gasteiger charge is -2.15. The van der Waals surface area contributed by atoms with E-state index in [9.17, 15) is 4.80 Å². The summed E-state index contributed by atoms with van der Waals surface area (Å²) in [5.41, 5.74) is 3.08. The first kappa shape index (κ1) is 11.8. The predicted octanol–water partition coefficient (Wildman–Crippen LogP) is 2.71. The van der Waals surface area contributed by atoms with E-state index < -0.39 is 8.32 Å². The SMILES string of the molecule is C[Si](O)(/C=C/c1ccccc1)c1ccccc1. The Hall–Kier alpha value is -1.64. The van der Waals surface area contributed by atoms with Gasteiger partial charge >= 0.3 is 0 Å². The minimum absolute atomic E-state index is 1.03. The van der Waals surface area contributed by atoms with Crippen LogP contribution in [0.1, 0.15) is 5.56 Å². The molecule has 17 heavy (non-hydrogen) atoms. The van der Waals surface area contributed by atoms with E-state index in [4.69, 9.17) is 0 Å². The molecule has 86 valence electrons. The van der Waals surface area contributed by atoms with E-state index in [0.717, 1.165) is 10.8 Å². The van der Waals surface area contributed by atoms with E-state index in [1.807, 2.05) is 79.0 Å². The average molecular weight is 240 g/mol. The van der Waals surface area contributed by atoms with Crippen LogP contribution in [0, 0.1) is 0 Å². The van der Waals surface area contributed by atoms with Gasteiger partial charge in [0.1, 0.15) is 0 Å². The molecule has 1 N–H and O–H groups in total. The van der Waals surface area contributed by atoms with Crippen molar-refractivity contribution in [3.63, 3.8) is 0 Å². The normalized spacial score (nSPS) is 14.7. The van der Waals surface area contributed by atoms with Crippen LogP contribution in [0.15, 0.2) is 66.4 Å². The van der Waals surface area contributed by atoms with Crippen molar-refractivity contribution >= 4 is 19.6 Å². The highest BCUT2D eigenvalue weighted by Crippen LogP contribution is 2.07. The minimum Gasteiger partial charge on any atom is -0.424 e. The zero-order valence-electron chi connectivity index (χ0n) is 9.88. The first-order valence-electron chi connectivity index (χ1n) is 5.71. The molecule has 0 aromatic heterocycles. The van der Waals surface area contributed by atoms with Crippen LogP contribution in [-0.4, -0.2) is 13.1 Å². The van der Waals surface area contributed by atoms with Crippen molar-refractivity contribution in [2.24, 2.45) is 0 Å². The summed E-state index contributed by atoms with van der Waals surface area (Å²) in [4.78, 5) is 10.5. The first-order valence-corrected chi connectivity index (χ1v) is 8.23. The fraction of sp³-hybridized carbons (Fsp3) is 0.0667. The molecule has 0 fully saturated rings. The minimum atomic E-state index is -2.44. The van der Waals surface area contributed by atoms with Gasteiger partial charge in [0.2, 0.25) is 8.32 Å². The molecule has 0 radical (unpaired) electrons. The molecule has 1 atom stereocenters. The van der Waals surface area contributed by atoms with Gasteiger partial charge < -0.3 is 4.80 Å². The van der Waals surface area contributed by atoms with Gasteiger partial charge in [0.05, 0.1) is 0 Å². The van der Waals surface area contributed by atoms with Gasteiger partial charge in [-0.1, -0.05) is 72.4 Å². The molecule has 0 aliphatic carbocycles.